The van der Waals surface area contributed by atoms with E-state index < -0.39 is 0 Å². The number of carbonyl (C=O) groups excluding carboxylic acids is 1. The fraction of sp³-hybridized carbons (Fsp3) is 0.529. The maximum absolute atomic E-state index is 12.2. The van der Waals surface area contributed by atoms with Crippen LogP contribution in [0.1, 0.15) is 24.1 Å². The van der Waals surface area contributed by atoms with Gasteiger partial charge in [0.2, 0.25) is 5.91 Å². The maximum atomic E-state index is 12.2. The number of fused-ring (bicyclic) bond motifs is 1. The second kappa shape index (κ2) is 7.36. The van der Waals surface area contributed by atoms with Gasteiger partial charge in [-0.15, -0.1) is 11.8 Å². The second-order valence-electron chi connectivity index (χ2n) is 6.26. The second-order valence-corrected chi connectivity index (χ2v) is 7.24. The molecule has 23 heavy (non-hydrogen) atoms. The summed E-state index contributed by atoms with van der Waals surface area (Å²) < 4.78 is 2.05. The summed E-state index contributed by atoms with van der Waals surface area (Å²) in [6.45, 7) is 4.52. The van der Waals surface area contributed by atoms with Crippen molar-refractivity contribution in [2.45, 2.75) is 25.5 Å². The first-order valence-electron chi connectivity index (χ1n) is 8.15. The molecule has 5 nitrogen and oxygen atoms in total. The summed E-state index contributed by atoms with van der Waals surface area (Å²) in [6.07, 6.45) is 6.20. The number of nitrogens with zero attached hydrogens (tertiary/aromatic N) is 3. The van der Waals surface area contributed by atoms with Crippen LogP contribution in [0.3, 0.4) is 0 Å². The van der Waals surface area contributed by atoms with Crippen LogP contribution in [0, 0.1) is 12.8 Å². The molecule has 0 bridgehead atoms. The maximum Gasteiger partial charge on any atom is 0.232 e. The van der Waals surface area contributed by atoms with E-state index in [0.29, 0.717) is 11.7 Å². The van der Waals surface area contributed by atoms with E-state index in [2.05, 4.69) is 24.2 Å². The molecule has 1 saturated heterocycles. The van der Waals surface area contributed by atoms with Gasteiger partial charge in [-0.05, 0) is 43.9 Å². The van der Waals surface area contributed by atoms with Crippen molar-refractivity contribution in [3.05, 3.63) is 35.8 Å². The number of imidazole rings is 1. The number of nitrogens with two attached hydrogens (primary N) is 1. The van der Waals surface area contributed by atoms with E-state index in [1.165, 1.54) is 5.56 Å². The van der Waals surface area contributed by atoms with Gasteiger partial charge in [0.05, 0.1) is 11.4 Å². The smallest absolute Gasteiger partial charge is 0.232 e. The van der Waals surface area contributed by atoms with E-state index in [1.54, 1.807) is 11.8 Å². The summed E-state index contributed by atoms with van der Waals surface area (Å²) in [5.74, 6) is 2.13. The molecule has 3 heterocycles. The molecule has 1 aliphatic rings. The summed E-state index contributed by atoms with van der Waals surface area (Å²) in [4.78, 5) is 18.8. The molecule has 2 aromatic heterocycles. The molecule has 0 unspecified atom stereocenters. The quantitative estimate of drug-likeness (QED) is 0.910. The molecule has 1 aliphatic heterocycles. The molecular formula is C17H24N4OS. The summed E-state index contributed by atoms with van der Waals surface area (Å²) in [5.41, 5.74) is 8.89. The van der Waals surface area contributed by atoms with Crippen molar-refractivity contribution in [3.63, 3.8) is 0 Å². The third kappa shape index (κ3) is 4.06. The van der Waals surface area contributed by atoms with Gasteiger partial charge in [0, 0.05) is 31.2 Å². The van der Waals surface area contributed by atoms with Gasteiger partial charge < -0.3 is 15.0 Å². The van der Waals surface area contributed by atoms with E-state index in [1.807, 2.05) is 21.6 Å². The van der Waals surface area contributed by atoms with Crippen LogP contribution < -0.4 is 5.73 Å². The lowest BCUT2D eigenvalue weighted by Crippen LogP contribution is -2.40. The van der Waals surface area contributed by atoms with Crippen LogP contribution >= 0.6 is 11.8 Å². The van der Waals surface area contributed by atoms with Crippen LogP contribution in [0.15, 0.2) is 24.5 Å². The fourth-order valence-corrected chi connectivity index (χ4v) is 3.78. The predicted octanol–water partition coefficient (Wildman–Crippen LogP) is 2.07. The SMILES string of the molecule is Cc1ccc2nc(CSCC(=O)N3CCC(CN)CC3)cn2c1. The Hall–Kier alpha value is -1.53. The molecule has 124 valence electrons. The van der Waals surface area contributed by atoms with E-state index in [9.17, 15) is 4.79 Å². The van der Waals surface area contributed by atoms with Crippen molar-refractivity contribution in [1.82, 2.24) is 14.3 Å². The van der Waals surface area contributed by atoms with Gasteiger partial charge >= 0.3 is 0 Å². The van der Waals surface area contributed by atoms with Crippen LogP contribution in [-0.4, -0.2) is 45.6 Å². The highest BCUT2D eigenvalue weighted by molar-refractivity contribution is 7.99. The number of hydrogen-bond donors (Lipinski definition) is 1. The number of thioether (sulfide) groups is 1. The van der Waals surface area contributed by atoms with Gasteiger partial charge in [-0.3, -0.25) is 4.79 Å². The lowest BCUT2D eigenvalue weighted by Gasteiger charge is -2.31. The molecule has 2 aromatic rings. The standard InChI is InChI=1S/C17H24N4OS/c1-13-2-3-16-19-15(10-21(16)9-13)11-23-12-17(22)20-6-4-14(8-18)5-7-20/h2-3,9-10,14H,4-8,11-12,18H2,1H3. The Bertz CT molecular complexity index is 676. The largest absolute Gasteiger partial charge is 0.342 e. The Morgan fingerprint density at radius 2 is 2.13 bits per heavy atom. The van der Waals surface area contributed by atoms with Crippen LogP contribution in [0.2, 0.25) is 0 Å². The Morgan fingerprint density at radius 3 is 2.87 bits per heavy atom. The summed E-state index contributed by atoms with van der Waals surface area (Å²) in [6, 6.07) is 4.09. The summed E-state index contributed by atoms with van der Waals surface area (Å²) >= 11 is 1.64. The van der Waals surface area contributed by atoms with Crippen LogP contribution in [0.4, 0.5) is 0 Å². The number of rotatable bonds is 5. The van der Waals surface area contributed by atoms with E-state index in [-0.39, 0.29) is 5.91 Å². The third-order valence-electron chi connectivity index (χ3n) is 4.42. The van der Waals surface area contributed by atoms with E-state index in [4.69, 9.17) is 5.73 Å². The zero-order valence-corrected chi connectivity index (χ0v) is 14.4. The molecule has 1 amide bonds. The van der Waals surface area contributed by atoms with Gasteiger partial charge in [-0.1, -0.05) is 6.07 Å². The van der Waals surface area contributed by atoms with Gasteiger partial charge in [0.1, 0.15) is 5.65 Å². The normalized spacial score (nSPS) is 16.2. The van der Waals surface area contributed by atoms with Gasteiger partial charge in [0.25, 0.3) is 0 Å². The third-order valence-corrected chi connectivity index (χ3v) is 5.38. The Labute approximate surface area is 141 Å². The first-order chi connectivity index (χ1) is 11.2. The number of amides is 1. The highest BCUT2D eigenvalue weighted by atomic mass is 32.2. The first kappa shape index (κ1) is 16.3. The van der Waals surface area contributed by atoms with Gasteiger partial charge in [0.15, 0.2) is 0 Å². The number of piperidine rings is 1. The zero-order valence-electron chi connectivity index (χ0n) is 13.6. The lowest BCUT2D eigenvalue weighted by molar-refractivity contribution is -0.129. The van der Waals surface area contributed by atoms with Gasteiger partial charge in [-0.25, -0.2) is 4.98 Å². The monoisotopic (exact) mass is 332 g/mol. The van der Waals surface area contributed by atoms with E-state index >= 15 is 0 Å². The highest BCUT2D eigenvalue weighted by Crippen LogP contribution is 2.18. The molecule has 0 atom stereocenters. The number of hydrogen-bond acceptors (Lipinski definition) is 4. The van der Waals surface area contributed by atoms with Crippen molar-refractivity contribution < 1.29 is 4.79 Å². The minimum Gasteiger partial charge on any atom is -0.342 e. The molecule has 3 rings (SSSR count). The molecule has 0 saturated carbocycles. The molecule has 0 aromatic carbocycles. The summed E-state index contributed by atoms with van der Waals surface area (Å²) in [5, 5.41) is 0. The first-order valence-corrected chi connectivity index (χ1v) is 9.31. The van der Waals surface area contributed by atoms with Crippen LogP contribution in [-0.2, 0) is 10.5 Å². The molecule has 1 fully saturated rings. The number of aryl methyl sites for hydroxylation is 1. The van der Waals surface area contributed by atoms with Crippen molar-refractivity contribution in [2.75, 3.05) is 25.4 Å². The number of pyridine rings is 1. The number of aromatic nitrogens is 2. The topological polar surface area (TPSA) is 63.6 Å². The zero-order chi connectivity index (χ0) is 16.2. The number of carbonyl (C=O) groups is 1. The average molecular weight is 332 g/mol. The molecule has 0 radical (unpaired) electrons. The molecule has 0 aliphatic carbocycles. The lowest BCUT2D eigenvalue weighted by atomic mass is 9.97. The van der Waals surface area contributed by atoms with Crippen molar-refractivity contribution in [3.8, 4) is 0 Å². The average Bonchev–Trinajstić information content (AvgIpc) is 2.96. The Kier molecular flexibility index (Phi) is 5.23. The fourth-order valence-electron chi connectivity index (χ4n) is 2.98. The molecule has 6 heteroatoms. The van der Waals surface area contributed by atoms with Crippen LogP contribution in [0.5, 0.6) is 0 Å². The predicted molar refractivity (Wildman–Crippen MR) is 94.4 cm³/mol. The molecular weight excluding hydrogens is 308 g/mol. The van der Waals surface area contributed by atoms with Crippen LogP contribution in [0.25, 0.3) is 5.65 Å². The van der Waals surface area contributed by atoms with Crippen molar-refractivity contribution in [1.29, 1.82) is 0 Å². The minimum atomic E-state index is 0.241. The number of likely N-dealkylation sites (tertiary alicyclic amines) is 1. The molecule has 0 spiro atoms. The van der Waals surface area contributed by atoms with Gasteiger partial charge in [-0.2, -0.15) is 0 Å². The Balaban J connectivity index is 1.47. The highest BCUT2D eigenvalue weighted by Gasteiger charge is 2.21. The molecule has 2 N–H and O–H groups in total. The summed E-state index contributed by atoms with van der Waals surface area (Å²) in [7, 11) is 0. The Morgan fingerprint density at radius 1 is 1.35 bits per heavy atom. The minimum absolute atomic E-state index is 0.241. The van der Waals surface area contributed by atoms with Crippen molar-refractivity contribution in [2.24, 2.45) is 11.7 Å². The van der Waals surface area contributed by atoms with E-state index in [0.717, 1.165) is 49.6 Å². The van der Waals surface area contributed by atoms with Crippen molar-refractivity contribution >= 4 is 23.3 Å².